The van der Waals surface area contributed by atoms with Crippen LogP contribution in [0, 0.1) is 0 Å². The number of fused-ring (bicyclic) bond motifs is 1. The second-order valence-electron chi connectivity index (χ2n) is 5.58. The second kappa shape index (κ2) is 5.45. The molecule has 0 aromatic carbocycles. The molecule has 0 spiro atoms. The van der Waals surface area contributed by atoms with Crippen LogP contribution in [-0.2, 0) is 4.74 Å². The minimum atomic E-state index is -0.830. The molecule has 0 aliphatic heterocycles. The van der Waals surface area contributed by atoms with Crippen LogP contribution in [0.3, 0.4) is 0 Å². The minimum Gasteiger partial charge on any atom is -0.443 e. The smallest absolute Gasteiger partial charge is 0.414 e. The molecule has 0 fully saturated rings. The Balaban J connectivity index is 2.51. The first-order valence-corrected chi connectivity index (χ1v) is 6.70. The van der Waals surface area contributed by atoms with E-state index in [9.17, 15) is 9.59 Å². The first-order valence-electron chi connectivity index (χ1n) is 6.32. The summed E-state index contributed by atoms with van der Waals surface area (Å²) in [6.45, 7) is 5.24. The van der Waals surface area contributed by atoms with Gasteiger partial charge in [0.15, 0.2) is 5.52 Å². The number of halogens is 1. The van der Waals surface area contributed by atoms with Crippen molar-refractivity contribution < 1.29 is 18.8 Å². The summed E-state index contributed by atoms with van der Waals surface area (Å²) in [5, 5.41) is 3.79. The third-order valence-electron chi connectivity index (χ3n) is 2.64. The van der Waals surface area contributed by atoms with Gasteiger partial charge in [0, 0.05) is 13.1 Å². The lowest BCUT2D eigenvalue weighted by Crippen LogP contribution is -2.34. The number of hydrogen-bond donors (Lipinski definition) is 1. The Labute approximate surface area is 131 Å². The zero-order chi connectivity index (χ0) is 16.7. The first kappa shape index (κ1) is 16.0. The molecule has 2 rings (SSSR count). The van der Waals surface area contributed by atoms with Crippen LogP contribution in [0.1, 0.15) is 31.3 Å². The molecule has 0 aliphatic carbocycles. The van der Waals surface area contributed by atoms with Gasteiger partial charge in [-0.05, 0) is 20.8 Å². The number of nitrogens with two attached hydrogens (primary N) is 1. The largest absolute Gasteiger partial charge is 0.443 e. The maximum atomic E-state index is 12.1. The Morgan fingerprint density at radius 3 is 2.55 bits per heavy atom. The maximum Gasteiger partial charge on any atom is 0.414 e. The van der Waals surface area contributed by atoms with Gasteiger partial charge in [-0.3, -0.25) is 9.69 Å². The molecule has 2 N–H and O–H groups in total. The van der Waals surface area contributed by atoms with Crippen molar-refractivity contribution in [2.24, 2.45) is 5.73 Å². The van der Waals surface area contributed by atoms with E-state index in [1.165, 1.54) is 18.0 Å². The van der Waals surface area contributed by atoms with E-state index < -0.39 is 17.6 Å². The highest BCUT2D eigenvalue weighted by Crippen LogP contribution is 2.30. The van der Waals surface area contributed by atoms with Crippen LogP contribution in [0.4, 0.5) is 10.5 Å². The molecule has 0 aliphatic rings. The Hall–Kier alpha value is -2.35. The standard InChI is InChI=1S/C13H15ClN4O4/c1-13(2,3)21-12(20)18(4)6-5-7(14)16-9-8(6)17-22-10(9)11(15)19/h5H,1-4H3,(H2,15,19). The Kier molecular flexibility index (Phi) is 3.97. The summed E-state index contributed by atoms with van der Waals surface area (Å²) in [6, 6.07) is 1.42. The molecule has 0 unspecified atom stereocenters. The molecular weight excluding hydrogens is 312 g/mol. The van der Waals surface area contributed by atoms with Gasteiger partial charge in [0.2, 0.25) is 5.76 Å². The number of anilines is 1. The molecule has 0 saturated heterocycles. The lowest BCUT2D eigenvalue weighted by atomic mass is 10.2. The van der Waals surface area contributed by atoms with Crippen molar-refractivity contribution in [1.29, 1.82) is 0 Å². The fourth-order valence-corrected chi connectivity index (χ4v) is 1.91. The summed E-state index contributed by atoms with van der Waals surface area (Å²) in [5.41, 5.74) is 5.09. The lowest BCUT2D eigenvalue weighted by Gasteiger charge is -2.24. The van der Waals surface area contributed by atoms with Crippen LogP contribution in [0.15, 0.2) is 10.6 Å². The number of carbonyl (C=O) groups is 2. The Morgan fingerprint density at radius 1 is 1.36 bits per heavy atom. The number of pyridine rings is 1. The Morgan fingerprint density at radius 2 is 2.00 bits per heavy atom. The highest BCUT2D eigenvalue weighted by atomic mass is 35.5. The molecule has 0 saturated carbocycles. The highest BCUT2D eigenvalue weighted by molar-refractivity contribution is 6.30. The third-order valence-corrected chi connectivity index (χ3v) is 2.83. The van der Waals surface area contributed by atoms with Gasteiger partial charge in [0.25, 0.3) is 5.91 Å². The van der Waals surface area contributed by atoms with Crippen LogP contribution in [0.25, 0.3) is 11.0 Å². The monoisotopic (exact) mass is 326 g/mol. The Bertz CT molecular complexity index is 750. The van der Waals surface area contributed by atoms with Gasteiger partial charge in [-0.15, -0.1) is 0 Å². The zero-order valence-electron chi connectivity index (χ0n) is 12.5. The van der Waals surface area contributed by atoms with Crippen LogP contribution < -0.4 is 10.6 Å². The van der Waals surface area contributed by atoms with E-state index in [0.717, 1.165) is 0 Å². The summed E-state index contributed by atoms with van der Waals surface area (Å²) >= 11 is 5.93. The number of amides is 2. The average Bonchev–Trinajstić information content (AvgIpc) is 2.78. The van der Waals surface area contributed by atoms with Gasteiger partial charge in [-0.1, -0.05) is 16.8 Å². The van der Waals surface area contributed by atoms with Crippen LogP contribution in [0.5, 0.6) is 0 Å². The van der Waals surface area contributed by atoms with Crippen molar-refractivity contribution in [2.75, 3.05) is 11.9 Å². The van der Waals surface area contributed by atoms with Gasteiger partial charge in [0.05, 0.1) is 5.69 Å². The van der Waals surface area contributed by atoms with Gasteiger partial charge in [-0.25, -0.2) is 9.78 Å². The molecular formula is C13H15ClN4O4. The number of carbonyl (C=O) groups excluding carboxylic acids is 2. The quantitative estimate of drug-likeness (QED) is 0.848. The second-order valence-corrected chi connectivity index (χ2v) is 5.96. The number of primary amides is 1. The predicted molar refractivity (Wildman–Crippen MR) is 80.0 cm³/mol. The van der Waals surface area contributed by atoms with Crippen molar-refractivity contribution >= 4 is 40.3 Å². The molecule has 2 heterocycles. The summed E-state index contributed by atoms with van der Waals surface area (Å²) in [6.07, 6.45) is -0.611. The SMILES string of the molecule is CN(C(=O)OC(C)(C)C)c1cc(Cl)nc2c(C(N)=O)onc12. The lowest BCUT2D eigenvalue weighted by molar-refractivity contribution is 0.0589. The third kappa shape index (κ3) is 3.11. The molecule has 0 bridgehead atoms. The number of ether oxygens (including phenoxy) is 1. The number of aromatic nitrogens is 2. The molecule has 2 aromatic rings. The fourth-order valence-electron chi connectivity index (χ4n) is 1.72. The maximum absolute atomic E-state index is 12.1. The van der Waals surface area contributed by atoms with E-state index in [1.54, 1.807) is 20.8 Å². The topological polar surface area (TPSA) is 112 Å². The molecule has 2 amide bonds. The van der Waals surface area contributed by atoms with E-state index in [4.69, 9.17) is 26.6 Å². The fraction of sp³-hybridized carbons (Fsp3) is 0.385. The molecule has 118 valence electrons. The van der Waals surface area contributed by atoms with Crippen LogP contribution in [0.2, 0.25) is 5.15 Å². The molecule has 2 aromatic heterocycles. The molecule has 22 heavy (non-hydrogen) atoms. The highest BCUT2D eigenvalue weighted by Gasteiger charge is 2.26. The van der Waals surface area contributed by atoms with Crippen molar-refractivity contribution in [3.8, 4) is 0 Å². The van der Waals surface area contributed by atoms with Gasteiger partial charge < -0.3 is 15.0 Å². The van der Waals surface area contributed by atoms with Crippen molar-refractivity contribution in [3.05, 3.63) is 17.0 Å². The molecule has 9 heteroatoms. The average molecular weight is 327 g/mol. The summed E-state index contributed by atoms with van der Waals surface area (Å²) in [7, 11) is 1.48. The van der Waals surface area contributed by atoms with Gasteiger partial charge in [0.1, 0.15) is 16.3 Å². The normalized spacial score (nSPS) is 11.5. The zero-order valence-corrected chi connectivity index (χ0v) is 13.3. The molecule has 8 nitrogen and oxygen atoms in total. The summed E-state index contributed by atoms with van der Waals surface area (Å²) in [4.78, 5) is 28.6. The van der Waals surface area contributed by atoms with Gasteiger partial charge >= 0.3 is 6.09 Å². The number of hydrogen-bond acceptors (Lipinski definition) is 6. The minimum absolute atomic E-state index is 0.0589. The number of rotatable bonds is 2. The van der Waals surface area contributed by atoms with Crippen molar-refractivity contribution in [2.45, 2.75) is 26.4 Å². The van der Waals surface area contributed by atoms with Crippen molar-refractivity contribution in [3.63, 3.8) is 0 Å². The number of nitrogens with zero attached hydrogens (tertiary/aromatic N) is 3. The molecule has 0 atom stereocenters. The van der Waals surface area contributed by atoms with Gasteiger partial charge in [-0.2, -0.15) is 0 Å². The van der Waals surface area contributed by atoms with E-state index in [0.29, 0.717) is 5.69 Å². The van der Waals surface area contributed by atoms with E-state index >= 15 is 0 Å². The van der Waals surface area contributed by atoms with Crippen LogP contribution >= 0.6 is 11.6 Å². The van der Waals surface area contributed by atoms with Crippen molar-refractivity contribution in [1.82, 2.24) is 10.1 Å². The van der Waals surface area contributed by atoms with Crippen LogP contribution in [-0.4, -0.2) is 34.8 Å². The predicted octanol–water partition coefficient (Wildman–Crippen LogP) is 2.35. The molecule has 0 radical (unpaired) electrons. The summed E-state index contributed by atoms with van der Waals surface area (Å²) in [5.74, 6) is -1.06. The van der Waals surface area contributed by atoms with E-state index in [2.05, 4.69) is 10.1 Å². The van der Waals surface area contributed by atoms with E-state index in [-0.39, 0.29) is 21.9 Å². The van der Waals surface area contributed by atoms with E-state index in [1.807, 2.05) is 0 Å². The summed E-state index contributed by atoms with van der Waals surface area (Å²) < 4.78 is 10.1. The first-order chi connectivity index (χ1) is 10.1.